The summed E-state index contributed by atoms with van der Waals surface area (Å²) in [4.78, 5) is 41.5. The minimum Gasteiger partial charge on any atom is -0.508 e. The first-order chi connectivity index (χ1) is 16.0. The van der Waals surface area contributed by atoms with E-state index in [2.05, 4.69) is 10.6 Å². The molecule has 0 heterocycles. The predicted octanol–water partition coefficient (Wildman–Crippen LogP) is 4.28. The number of para-hydroxylation sites is 1. The fraction of sp³-hybridized carbons (Fsp3) is 0.654. The summed E-state index contributed by atoms with van der Waals surface area (Å²) in [5.74, 6) is -0.914. The van der Waals surface area contributed by atoms with Crippen LogP contribution in [0, 0.1) is 5.92 Å². The molecule has 3 amide bonds. The lowest BCUT2D eigenvalue weighted by Crippen LogP contribution is -2.55. The third-order valence-electron chi connectivity index (χ3n) is 5.93. The van der Waals surface area contributed by atoms with Crippen LogP contribution in [-0.4, -0.2) is 52.1 Å². The van der Waals surface area contributed by atoms with Gasteiger partial charge in [-0.2, -0.15) is 0 Å². The first kappa shape index (κ1) is 27.5. The van der Waals surface area contributed by atoms with Crippen molar-refractivity contribution in [1.29, 1.82) is 0 Å². The van der Waals surface area contributed by atoms with Crippen LogP contribution in [0.15, 0.2) is 24.3 Å². The summed E-state index contributed by atoms with van der Waals surface area (Å²) in [6.45, 7) is 11.6. The molecule has 0 bridgehead atoms. The molecule has 1 fully saturated rings. The lowest BCUT2D eigenvalue weighted by Gasteiger charge is -2.36. The number of nitrogens with one attached hydrogen (secondary N) is 2. The summed E-state index contributed by atoms with van der Waals surface area (Å²) in [5.41, 5.74) is -0.335. The van der Waals surface area contributed by atoms with Gasteiger partial charge in [0.1, 0.15) is 23.4 Å². The van der Waals surface area contributed by atoms with E-state index < -0.39 is 23.8 Å². The quantitative estimate of drug-likeness (QED) is 0.414. The molecule has 0 aliphatic heterocycles. The summed E-state index contributed by atoms with van der Waals surface area (Å²) >= 11 is 0. The zero-order chi connectivity index (χ0) is 25.5. The SMILES string of the molecule is CCCCNC(=O)C(c1ccccc1O)N(C(=O)C(NC(=O)OC(C)(C)C)C(C)CC)C1CC1. The van der Waals surface area contributed by atoms with Gasteiger partial charge in [0.2, 0.25) is 11.8 Å². The van der Waals surface area contributed by atoms with E-state index in [1.165, 1.54) is 6.07 Å². The highest BCUT2D eigenvalue weighted by Gasteiger charge is 2.45. The van der Waals surface area contributed by atoms with Gasteiger partial charge in [-0.15, -0.1) is 0 Å². The van der Waals surface area contributed by atoms with E-state index >= 15 is 0 Å². The molecule has 0 spiro atoms. The number of amides is 3. The fourth-order valence-electron chi connectivity index (χ4n) is 3.77. The Balaban J connectivity index is 2.43. The molecule has 0 saturated heterocycles. The molecule has 8 heteroatoms. The molecular weight excluding hydrogens is 434 g/mol. The van der Waals surface area contributed by atoms with E-state index in [9.17, 15) is 19.5 Å². The average Bonchev–Trinajstić information content (AvgIpc) is 3.59. The number of rotatable bonds is 11. The van der Waals surface area contributed by atoms with Gasteiger partial charge in [0, 0.05) is 18.2 Å². The molecular formula is C26H41N3O5. The second-order valence-corrected chi connectivity index (χ2v) is 10.1. The molecule has 3 atom stereocenters. The molecule has 0 aromatic heterocycles. The number of alkyl carbamates (subject to hydrolysis) is 1. The Labute approximate surface area is 203 Å². The third kappa shape index (κ3) is 7.64. The lowest BCUT2D eigenvalue weighted by molar-refractivity contribution is -0.144. The maximum atomic E-state index is 14.0. The van der Waals surface area contributed by atoms with Crippen LogP contribution in [0.5, 0.6) is 5.75 Å². The van der Waals surface area contributed by atoms with Gasteiger partial charge in [-0.3, -0.25) is 9.59 Å². The van der Waals surface area contributed by atoms with Crippen LogP contribution in [0.4, 0.5) is 4.79 Å². The van der Waals surface area contributed by atoms with Crippen molar-refractivity contribution in [2.24, 2.45) is 5.92 Å². The fourth-order valence-corrected chi connectivity index (χ4v) is 3.77. The Kier molecular flexibility index (Phi) is 9.77. The molecule has 8 nitrogen and oxygen atoms in total. The number of benzene rings is 1. The maximum absolute atomic E-state index is 14.0. The molecule has 1 saturated carbocycles. The van der Waals surface area contributed by atoms with Gasteiger partial charge in [0.15, 0.2) is 0 Å². The summed E-state index contributed by atoms with van der Waals surface area (Å²) in [5, 5.41) is 16.3. The van der Waals surface area contributed by atoms with Gasteiger partial charge in [-0.05, 0) is 52.0 Å². The number of carbonyl (C=O) groups excluding carboxylic acids is 3. The number of carbonyl (C=O) groups is 3. The highest BCUT2D eigenvalue weighted by molar-refractivity contribution is 5.93. The molecule has 2 rings (SSSR count). The van der Waals surface area contributed by atoms with Crippen molar-refractivity contribution in [2.45, 2.75) is 97.4 Å². The molecule has 1 aliphatic carbocycles. The van der Waals surface area contributed by atoms with Gasteiger partial charge in [-0.25, -0.2) is 4.79 Å². The third-order valence-corrected chi connectivity index (χ3v) is 5.93. The van der Waals surface area contributed by atoms with Gasteiger partial charge in [0.05, 0.1) is 0 Å². The molecule has 3 N–H and O–H groups in total. The minimum atomic E-state index is -0.995. The van der Waals surface area contributed by atoms with E-state index in [4.69, 9.17) is 4.74 Å². The van der Waals surface area contributed by atoms with Crippen LogP contribution < -0.4 is 10.6 Å². The lowest BCUT2D eigenvalue weighted by atomic mass is 9.95. The second-order valence-electron chi connectivity index (χ2n) is 10.1. The molecule has 1 aromatic carbocycles. The highest BCUT2D eigenvalue weighted by Crippen LogP contribution is 2.38. The summed E-state index contributed by atoms with van der Waals surface area (Å²) in [6.07, 6.45) is 3.23. The van der Waals surface area contributed by atoms with Crippen molar-refractivity contribution in [3.8, 4) is 5.75 Å². The predicted molar refractivity (Wildman–Crippen MR) is 131 cm³/mol. The van der Waals surface area contributed by atoms with Crippen LogP contribution in [0.2, 0.25) is 0 Å². The van der Waals surface area contributed by atoms with Crippen LogP contribution in [-0.2, 0) is 14.3 Å². The Morgan fingerprint density at radius 2 is 1.82 bits per heavy atom. The molecule has 1 aliphatic rings. The Bertz CT molecular complexity index is 847. The Morgan fingerprint density at radius 1 is 1.18 bits per heavy atom. The smallest absolute Gasteiger partial charge is 0.408 e. The van der Waals surface area contributed by atoms with Crippen LogP contribution in [0.3, 0.4) is 0 Å². The maximum Gasteiger partial charge on any atom is 0.408 e. The molecule has 1 aromatic rings. The van der Waals surface area contributed by atoms with Crippen molar-refractivity contribution in [3.05, 3.63) is 29.8 Å². The van der Waals surface area contributed by atoms with Crippen molar-refractivity contribution < 1.29 is 24.2 Å². The van der Waals surface area contributed by atoms with Gasteiger partial charge in [0.25, 0.3) is 0 Å². The van der Waals surface area contributed by atoms with Gasteiger partial charge < -0.3 is 25.4 Å². The van der Waals surface area contributed by atoms with E-state index in [0.717, 1.165) is 25.7 Å². The summed E-state index contributed by atoms with van der Waals surface area (Å²) < 4.78 is 5.41. The highest BCUT2D eigenvalue weighted by atomic mass is 16.6. The van der Waals surface area contributed by atoms with Crippen molar-refractivity contribution in [2.75, 3.05) is 6.54 Å². The number of phenols is 1. The van der Waals surface area contributed by atoms with Crippen LogP contribution >= 0.6 is 0 Å². The van der Waals surface area contributed by atoms with Gasteiger partial charge >= 0.3 is 6.09 Å². The zero-order valence-electron chi connectivity index (χ0n) is 21.4. The first-order valence-corrected chi connectivity index (χ1v) is 12.4. The summed E-state index contributed by atoms with van der Waals surface area (Å²) in [6, 6.07) is 4.61. The normalized spacial score (nSPS) is 16.2. The van der Waals surface area contributed by atoms with Crippen LogP contribution in [0.1, 0.15) is 85.3 Å². The van der Waals surface area contributed by atoms with Crippen molar-refractivity contribution >= 4 is 17.9 Å². The van der Waals surface area contributed by atoms with E-state index in [1.54, 1.807) is 43.9 Å². The van der Waals surface area contributed by atoms with Crippen LogP contribution in [0.25, 0.3) is 0 Å². The Hall–Kier alpha value is -2.77. The zero-order valence-corrected chi connectivity index (χ0v) is 21.4. The molecule has 3 unspecified atom stereocenters. The van der Waals surface area contributed by atoms with Crippen molar-refractivity contribution in [3.63, 3.8) is 0 Å². The minimum absolute atomic E-state index is 0.0446. The number of hydrogen-bond acceptors (Lipinski definition) is 5. The van der Waals surface area contributed by atoms with E-state index in [-0.39, 0.29) is 29.5 Å². The number of hydrogen-bond donors (Lipinski definition) is 3. The average molecular weight is 476 g/mol. The van der Waals surface area contributed by atoms with E-state index in [0.29, 0.717) is 18.5 Å². The number of aromatic hydroxyl groups is 1. The Morgan fingerprint density at radius 3 is 2.35 bits per heavy atom. The largest absolute Gasteiger partial charge is 0.508 e. The standard InChI is InChI=1S/C26H41N3O5/c1-7-9-16-27-23(31)22(19-12-10-11-13-20(19)30)29(18-14-15-18)24(32)21(17(3)8-2)28-25(33)34-26(4,5)6/h10-13,17-18,21-22,30H,7-9,14-16H2,1-6H3,(H,27,31)(H,28,33). The molecule has 0 radical (unpaired) electrons. The first-order valence-electron chi connectivity index (χ1n) is 12.4. The van der Waals surface area contributed by atoms with Crippen molar-refractivity contribution in [1.82, 2.24) is 15.5 Å². The van der Waals surface area contributed by atoms with Gasteiger partial charge in [-0.1, -0.05) is 51.8 Å². The topological polar surface area (TPSA) is 108 Å². The summed E-state index contributed by atoms with van der Waals surface area (Å²) in [7, 11) is 0. The monoisotopic (exact) mass is 475 g/mol. The number of nitrogens with zero attached hydrogens (tertiary/aromatic N) is 1. The molecule has 190 valence electrons. The van der Waals surface area contributed by atoms with E-state index in [1.807, 2.05) is 20.8 Å². The molecule has 34 heavy (non-hydrogen) atoms. The number of ether oxygens (including phenoxy) is 1. The number of unbranched alkanes of at least 4 members (excludes halogenated alkanes) is 1. The second kappa shape index (κ2) is 12.1. The number of phenolic OH excluding ortho intramolecular Hbond substituents is 1.